The van der Waals surface area contributed by atoms with Gasteiger partial charge in [0.15, 0.2) is 11.9 Å². The summed E-state index contributed by atoms with van der Waals surface area (Å²) in [7, 11) is 1.22. The lowest BCUT2D eigenvalue weighted by molar-refractivity contribution is -0.155. The molecule has 0 aliphatic rings. The van der Waals surface area contributed by atoms with Gasteiger partial charge in [0.1, 0.15) is 5.69 Å². The topological polar surface area (TPSA) is 71.2 Å². The van der Waals surface area contributed by atoms with Crippen molar-refractivity contribution in [2.75, 3.05) is 7.11 Å². The van der Waals surface area contributed by atoms with Crippen molar-refractivity contribution in [2.45, 2.75) is 19.1 Å². The molecular weight excluding hydrogens is 463 g/mol. The minimum atomic E-state index is -4.92. The van der Waals surface area contributed by atoms with E-state index in [9.17, 15) is 27.2 Å². The van der Waals surface area contributed by atoms with Gasteiger partial charge in [-0.15, -0.1) is 0 Å². The number of aromatic amines is 1. The van der Waals surface area contributed by atoms with Crippen LogP contribution in [0.4, 0.5) is 17.6 Å². The molecule has 3 rings (SSSR count). The number of rotatable bonds is 4. The van der Waals surface area contributed by atoms with Gasteiger partial charge in [-0.3, -0.25) is 4.79 Å². The number of hydrogen-bond acceptors (Lipinski definition) is 3. The van der Waals surface area contributed by atoms with E-state index in [4.69, 9.17) is 23.2 Å². The molecule has 5 nitrogen and oxygen atoms in total. The van der Waals surface area contributed by atoms with Crippen molar-refractivity contribution in [3.63, 3.8) is 0 Å². The Morgan fingerprint density at radius 2 is 1.71 bits per heavy atom. The second-order valence-electron chi connectivity index (χ2n) is 6.68. The van der Waals surface area contributed by atoms with E-state index in [1.807, 2.05) is 5.32 Å². The second-order valence-corrected chi connectivity index (χ2v) is 7.49. The van der Waals surface area contributed by atoms with E-state index in [1.54, 1.807) is 13.0 Å². The van der Waals surface area contributed by atoms with Gasteiger partial charge in [-0.2, -0.15) is 13.2 Å². The van der Waals surface area contributed by atoms with Crippen LogP contribution in [0.15, 0.2) is 30.3 Å². The predicted molar refractivity (Wildman–Crippen MR) is 107 cm³/mol. The highest BCUT2D eigenvalue weighted by molar-refractivity contribution is 6.35. The van der Waals surface area contributed by atoms with Gasteiger partial charge in [-0.25, -0.2) is 9.18 Å². The Bertz CT molecular complexity index is 1170. The standard InChI is InChI=1S/C20H14Cl2F4N2O3/c1-8-3-14-9(4-11(8)19(30)31-2)7-15(27-14)18(29)28-17(20(24,25)26)10-5-12(21)16(23)13(22)6-10/h3-7,17,27H,1-2H3,(H,28,29). The molecule has 1 aromatic heterocycles. The number of aromatic nitrogens is 1. The van der Waals surface area contributed by atoms with Crippen LogP contribution < -0.4 is 5.32 Å². The number of methoxy groups -OCH3 is 1. The molecule has 3 aromatic rings. The number of alkyl halides is 3. The first-order valence-corrected chi connectivity index (χ1v) is 9.41. The molecule has 0 saturated heterocycles. The summed E-state index contributed by atoms with van der Waals surface area (Å²) in [5.41, 5.74) is 0.538. The van der Waals surface area contributed by atoms with Crippen LogP contribution in [0, 0.1) is 12.7 Å². The Kier molecular flexibility index (Phi) is 6.20. The molecule has 1 unspecified atom stereocenters. The lowest BCUT2D eigenvalue weighted by Crippen LogP contribution is -2.38. The highest BCUT2D eigenvalue weighted by Gasteiger charge is 2.42. The van der Waals surface area contributed by atoms with Gasteiger partial charge in [0.2, 0.25) is 0 Å². The summed E-state index contributed by atoms with van der Waals surface area (Å²) < 4.78 is 59.2. The SMILES string of the molecule is COC(=O)c1cc2cc(C(=O)NC(c3cc(Cl)c(F)c(Cl)c3)C(F)(F)F)[nH]c2cc1C. The summed E-state index contributed by atoms with van der Waals surface area (Å²) in [6.45, 7) is 1.65. The lowest BCUT2D eigenvalue weighted by atomic mass is 10.1. The van der Waals surface area contributed by atoms with Crippen LogP contribution in [-0.4, -0.2) is 30.1 Å². The molecule has 0 radical (unpaired) electrons. The summed E-state index contributed by atoms with van der Waals surface area (Å²) in [5, 5.41) is 1.07. The molecule has 2 N–H and O–H groups in total. The van der Waals surface area contributed by atoms with Crippen molar-refractivity contribution in [2.24, 2.45) is 0 Å². The third kappa shape index (κ3) is 4.62. The summed E-state index contributed by atoms with van der Waals surface area (Å²) in [4.78, 5) is 27.1. The molecule has 0 aliphatic heterocycles. The Morgan fingerprint density at radius 3 is 2.26 bits per heavy atom. The number of fused-ring (bicyclic) bond motifs is 1. The quantitative estimate of drug-likeness (QED) is 0.286. The van der Waals surface area contributed by atoms with Gasteiger partial charge in [0.05, 0.1) is 22.7 Å². The molecule has 11 heteroatoms. The highest BCUT2D eigenvalue weighted by Crippen LogP contribution is 2.36. The number of nitrogens with one attached hydrogen (secondary N) is 2. The van der Waals surface area contributed by atoms with Crippen LogP contribution in [0.5, 0.6) is 0 Å². The number of ether oxygens (including phenoxy) is 1. The fraction of sp³-hybridized carbons (Fsp3) is 0.200. The maximum atomic E-state index is 13.6. The maximum absolute atomic E-state index is 13.6. The number of hydrogen-bond donors (Lipinski definition) is 2. The fourth-order valence-corrected chi connectivity index (χ4v) is 3.55. The van der Waals surface area contributed by atoms with Crippen molar-refractivity contribution in [3.05, 3.63) is 68.6 Å². The molecule has 31 heavy (non-hydrogen) atoms. The molecule has 0 fully saturated rings. The molecule has 1 heterocycles. The van der Waals surface area contributed by atoms with Crippen molar-refractivity contribution in [3.8, 4) is 0 Å². The minimum absolute atomic E-state index is 0.176. The van der Waals surface area contributed by atoms with Crippen LogP contribution in [0.25, 0.3) is 10.9 Å². The smallest absolute Gasteiger partial charge is 0.412 e. The van der Waals surface area contributed by atoms with Crippen LogP contribution in [0.2, 0.25) is 10.0 Å². The van der Waals surface area contributed by atoms with Gasteiger partial charge in [-0.1, -0.05) is 23.2 Å². The summed E-state index contributed by atoms with van der Waals surface area (Å²) in [6, 6.07) is 3.34. The Morgan fingerprint density at radius 1 is 1.10 bits per heavy atom. The van der Waals surface area contributed by atoms with Crippen LogP contribution >= 0.6 is 23.2 Å². The van der Waals surface area contributed by atoms with Gasteiger partial charge >= 0.3 is 12.1 Å². The minimum Gasteiger partial charge on any atom is -0.465 e. The first kappa shape index (κ1) is 22.9. The van der Waals surface area contributed by atoms with Crippen molar-refractivity contribution in [1.29, 1.82) is 0 Å². The molecule has 0 bridgehead atoms. The molecule has 1 atom stereocenters. The molecule has 0 aliphatic carbocycles. The Balaban J connectivity index is 1.97. The van der Waals surface area contributed by atoms with E-state index in [0.717, 1.165) is 12.1 Å². The third-order valence-corrected chi connectivity index (χ3v) is 5.11. The number of esters is 1. The summed E-state index contributed by atoms with van der Waals surface area (Å²) in [6.07, 6.45) is -4.92. The number of benzene rings is 2. The van der Waals surface area contributed by atoms with Gasteiger partial charge < -0.3 is 15.0 Å². The monoisotopic (exact) mass is 476 g/mol. The van der Waals surface area contributed by atoms with E-state index in [0.29, 0.717) is 16.5 Å². The number of amides is 1. The normalized spacial score (nSPS) is 12.6. The second kappa shape index (κ2) is 8.39. The summed E-state index contributed by atoms with van der Waals surface area (Å²) in [5.74, 6) is -2.73. The number of carbonyl (C=O) groups is 2. The van der Waals surface area contributed by atoms with E-state index in [1.165, 1.54) is 19.2 Å². The lowest BCUT2D eigenvalue weighted by Gasteiger charge is -2.22. The Labute approximate surface area is 183 Å². The fourth-order valence-electron chi connectivity index (χ4n) is 3.05. The largest absolute Gasteiger partial charge is 0.465 e. The number of H-pyrrole nitrogens is 1. The van der Waals surface area contributed by atoms with Gasteiger partial charge in [-0.05, 0) is 48.4 Å². The van der Waals surface area contributed by atoms with Crippen LogP contribution in [-0.2, 0) is 4.74 Å². The number of carbonyl (C=O) groups excluding carboxylic acids is 2. The average molecular weight is 477 g/mol. The third-order valence-electron chi connectivity index (χ3n) is 4.56. The van der Waals surface area contributed by atoms with E-state index in [2.05, 4.69) is 9.72 Å². The van der Waals surface area contributed by atoms with Crippen molar-refractivity contribution < 1.29 is 31.9 Å². The van der Waals surface area contributed by atoms with Gasteiger partial charge in [0, 0.05) is 10.9 Å². The van der Waals surface area contributed by atoms with Crippen LogP contribution in [0.3, 0.4) is 0 Å². The van der Waals surface area contributed by atoms with E-state index in [-0.39, 0.29) is 11.3 Å². The van der Waals surface area contributed by atoms with Gasteiger partial charge in [0.25, 0.3) is 5.91 Å². The first-order chi connectivity index (χ1) is 14.4. The van der Waals surface area contributed by atoms with E-state index >= 15 is 0 Å². The summed E-state index contributed by atoms with van der Waals surface area (Å²) >= 11 is 11.2. The zero-order valence-electron chi connectivity index (χ0n) is 16.0. The molecule has 2 aromatic carbocycles. The first-order valence-electron chi connectivity index (χ1n) is 8.66. The molecule has 0 spiro atoms. The zero-order valence-corrected chi connectivity index (χ0v) is 17.5. The molecule has 164 valence electrons. The predicted octanol–water partition coefficient (Wildman–Crippen LogP) is 5.74. The number of aryl methyl sites for hydroxylation is 1. The van der Waals surface area contributed by atoms with Crippen LogP contribution in [0.1, 0.15) is 38.0 Å². The zero-order chi connectivity index (χ0) is 23.1. The van der Waals surface area contributed by atoms with E-state index < -0.39 is 45.5 Å². The average Bonchev–Trinajstić information content (AvgIpc) is 3.10. The molecule has 1 amide bonds. The molecular formula is C20H14Cl2F4N2O3. The maximum Gasteiger partial charge on any atom is 0.412 e. The highest BCUT2D eigenvalue weighted by atomic mass is 35.5. The molecule has 0 saturated carbocycles. The number of halogens is 6. The Hall–Kier alpha value is -2.78. The van der Waals surface area contributed by atoms with Crippen molar-refractivity contribution in [1.82, 2.24) is 10.3 Å². The van der Waals surface area contributed by atoms with Crippen molar-refractivity contribution >= 4 is 46.0 Å².